The Morgan fingerprint density at radius 3 is 2.45 bits per heavy atom. The molecule has 1 aliphatic carbocycles. The molecule has 29 heavy (non-hydrogen) atoms. The molecule has 0 unspecified atom stereocenters. The summed E-state index contributed by atoms with van der Waals surface area (Å²) in [4.78, 5) is 27.7. The topological polar surface area (TPSA) is 37.4 Å². The molecule has 0 N–H and O–H groups in total. The maximum atomic E-state index is 12.9. The number of benzene rings is 1. The number of amides is 1. The van der Waals surface area contributed by atoms with Crippen molar-refractivity contribution >= 4 is 17.3 Å². The van der Waals surface area contributed by atoms with Crippen LogP contribution < -0.4 is 0 Å². The van der Waals surface area contributed by atoms with Crippen molar-refractivity contribution in [2.75, 3.05) is 6.54 Å². The Hall–Kier alpha value is -2.16. The van der Waals surface area contributed by atoms with E-state index >= 15 is 0 Å². The Kier molecular flexibility index (Phi) is 6.45. The van der Waals surface area contributed by atoms with Crippen LogP contribution >= 0.6 is 0 Å². The maximum Gasteiger partial charge on any atom is 0.226 e. The lowest BCUT2D eigenvalue weighted by atomic mass is 9.81. The van der Waals surface area contributed by atoms with Gasteiger partial charge in [-0.15, -0.1) is 0 Å². The Morgan fingerprint density at radius 2 is 1.86 bits per heavy atom. The molecule has 156 valence electrons. The molecule has 0 radical (unpaired) electrons. The summed E-state index contributed by atoms with van der Waals surface area (Å²) in [6.45, 7) is 11.1. The molecular formula is C26H35NO2. The van der Waals surface area contributed by atoms with Crippen LogP contribution in [0.5, 0.6) is 0 Å². The molecule has 0 aromatic heterocycles. The normalized spacial score (nSPS) is 20.4. The van der Waals surface area contributed by atoms with Crippen molar-refractivity contribution in [1.82, 2.24) is 4.90 Å². The second-order valence-electron chi connectivity index (χ2n) is 9.71. The molecule has 3 rings (SSSR count). The number of ketones is 1. The third-order valence-corrected chi connectivity index (χ3v) is 6.71. The third-order valence-electron chi connectivity index (χ3n) is 6.71. The fourth-order valence-electron chi connectivity index (χ4n) is 4.25. The van der Waals surface area contributed by atoms with Crippen molar-refractivity contribution < 1.29 is 9.59 Å². The maximum absolute atomic E-state index is 12.9. The monoisotopic (exact) mass is 393 g/mol. The zero-order valence-corrected chi connectivity index (χ0v) is 18.6. The smallest absolute Gasteiger partial charge is 0.226 e. The van der Waals surface area contributed by atoms with Crippen LogP contribution in [0.2, 0.25) is 0 Å². The van der Waals surface area contributed by atoms with E-state index in [0.717, 1.165) is 25.7 Å². The summed E-state index contributed by atoms with van der Waals surface area (Å²) in [6.07, 6.45) is 8.35. The third kappa shape index (κ3) is 4.88. The van der Waals surface area contributed by atoms with Crippen LogP contribution in [-0.2, 0) is 16.0 Å². The van der Waals surface area contributed by atoms with E-state index in [9.17, 15) is 9.59 Å². The van der Waals surface area contributed by atoms with Gasteiger partial charge in [0.05, 0.1) is 6.04 Å². The van der Waals surface area contributed by atoms with E-state index in [1.165, 1.54) is 22.3 Å². The molecular weight excluding hydrogens is 358 g/mol. The first-order valence-corrected chi connectivity index (χ1v) is 11.0. The van der Waals surface area contributed by atoms with E-state index in [-0.39, 0.29) is 29.1 Å². The lowest BCUT2D eigenvalue weighted by Crippen LogP contribution is -2.45. The minimum atomic E-state index is -0.232. The van der Waals surface area contributed by atoms with Gasteiger partial charge in [0, 0.05) is 18.9 Å². The van der Waals surface area contributed by atoms with E-state index in [1.807, 2.05) is 11.8 Å². The number of Topliss-reactive ketones (excluding diaryl/α,β-unsaturated/α-hetero) is 1. The van der Waals surface area contributed by atoms with Crippen LogP contribution in [0.25, 0.3) is 5.57 Å². The average Bonchev–Trinajstić information content (AvgIpc) is 3.33. The number of allylic oxidation sites excluding steroid dienone is 4. The molecule has 3 nitrogen and oxygen atoms in total. The first-order chi connectivity index (χ1) is 13.7. The summed E-state index contributed by atoms with van der Waals surface area (Å²) in [5, 5.41) is 0. The largest absolute Gasteiger partial charge is 0.332 e. The molecule has 0 saturated carbocycles. The highest BCUT2D eigenvalue weighted by Gasteiger charge is 2.38. The van der Waals surface area contributed by atoms with Crippen molar-refractivity contribution in [3.63, 3.8) is 0 Å². The van der Waals surface area contributed by atoms with Crippen LogP contribution in [0.3, 0.4) is 0 Å². The molecule has 1 amide bonds. The fourth-order valence-corrected chi connectivity index (χ4v) is 4.25. The van der Waals surface area contributed by atoms with Crippen molar-refractivity contribution in [3.05, 3.63) is 53.1 Å². The van der Waals surface area contributed by atoms with Gasteiger partial charge in [0.15, 0.2) is 5.78 Å². The zero-order valence-electron chi connectivity index (χ0n) is 18.6. The van der Waals surface area contributed by atoms with E-state index in [4.69, 9.17) is 0 Å². The molecule has 2 atom stereocenters. The Bertz CT molecular complexity index is 823. The van der Waals surface area contributed by atoms with Gasteiger partial charge in [-0.2, -0.15) is 0 Å². The Morgan fingerprint density at radius 1 is 1.17 bits per heavy atom. The van der Waals surface area contributed by atoms with Gasteiger partial charge in [0.1, 0.15) is 0 Å². The van der Waals surface area contributed by atoms with E-state index in [0.29, 0.717) is 13.0 Å². The lowest BCUT2D eigenvalue weighted by molar-refractivity contribution is -0.143. The molecule has 2 aliphatic rings. The number of rotatable bonds is 6. The number of carbonyl (C=O) groups is 2. The standard InChI is InChI=1S/C26H35NO2/c1-18-8-6-9-22(18)21-14-11-20(12-15-21)13-16-24(28)23-10-7-17-27(23)25(29)19(2)26(3,4)5/h6,8,11-12,14-15,19,23H,7,9-10,13,16-17H2,1-5H3/t19-,23+/m1/s1. The first kappa shape index (κ1) is 21.5. The molecule has 1 saturated heterocycles. The summed E-state index contributed by atoms with van der Waals surface area (Å²) in [6, 6.07) is 8.38. The van der Waals surface area contributed by atoms with Gasteiger partial charge < -0.3 is 4.90 Å². The van der Waals surface area contributed by atoms with E-state index in [2.05, 4.69) is 64.1 Å². The van der Waals surface area contributed by atoms with Gasteiger partial charge in [0.25, 0.3) is 0 Å². The summed E-state index contributed by atoms with van der Waals surface area (Å²) in [5.74, 6) is 0.261. The lowest BCUT2D eigenvalue weighted by Gasteiger charge is -2.32. The minimum Gasteiger partial charge on any atom is -0.332 e. The van der Waals surface area contributed by atoms with Gasteiger partial charge >= 0.3 is 0 Å². The summed E-state index contributed by atoms with van der Waals surface area (Å²) in [7, 11) is 0. The van der Waals surface area contributed by atoms with Crippen LogP contribution in [0, 0.1) is 11.3 Å². The zero-order chi connectivity index (χ0) is 21.2. The SMILES string of the molecule is CC1=C(c2ccc(CCC(=O)[C@@H]3CCCN3C(=O)[C@@H](C)C(C)(C)C)cc2)CC=C1. The van der Waals surface area contributed by atoms with Crippen LogP contribution in [-0.4, -0.2) is 29.2 Å². The number of aryl methyl sites for hydroxylation is 1. The second-order valence-corrected chi connectivity index (χ2v) is 9.71. The predicted octanol–water partition coefficient (Wildman–Crippen LogP) is 5.59. The molecule has 1 aliphatic heterocycles. The predicted molar refractivity (Wildman–Crippen MR) is 119 cm³/mol. The highest BCUT2D eigenvalue weighted by Crippen LogP contribution is 2.31. The number of likely N-dealkylation sites (tertiary alicyclic amines) is 1. The molecule has 1 fully saturated rings. The van der Waals surface area contributed by atoms with Crippen molar-refractivity contribution in [2.24, 2.45) is 11.3 Å². The number of hydrogen-bond donors (Lipinski definition) is 0. The summed E-state index contributed by atoms with van der Waals surface area (Å²) >= 11 is 0. The van der Waals surface area contributed by atoms with Crippen molar-refractivity contribution in [3.8, 4) is 0 Å². The van der Waals surface area contributed by atoms with Crippen molar-refractivity contribution in [1.29, 1.82) is 0 Å². The molecule has 1 aromatic carbocycles. The van der Waals surface area contributed by atoms with Crippen LogP contribution in [0.1, 0.15) is 71.4 Å². The van der Waals surface area contributed by atoms with Crippen LogP contribution in [0.4, 0.5) is 0 Å². The van der Waals surface area contributed by atoms with Gasteiger partial charge in [-0.25, -0.2) is 0 Å². The van der Waals surface area contributed by atoms with E-state index in [1.54, 1.807) is 0 Å². The highest BCUT2D eigenvalue weighted by molar-refractivity contribution is 5.90. The van der Waals surface area contributed by atoms with Gasteiger partial charge in [-0.1, -0.05) is 64.1 Å². The number of carbonyl (C=O) groups excluding carboxylic acids is 2. The highest BCUT2D eigenvalue weighted by atomic mass is 16.2. The Balaban J connectivity index is 1.58. The van der Waals surface area contributed by atoms with Gasteiger partial charge in [0.2, 0.25) is 5.91 Å². The molecule has 1 aromatic rings. The minimum absolute atomic E-state index is 0.0775. The molecule has 3 heteroatoms. The second kappa shape index (κ2) is 8.69. The number of nitrogens with zero attached hydrogens (tertiary/aromatic N) is 1. The molecule has 0 bridgehead atoms. The first-order valence-electron chi connectivity index (χ1n) is 11.0. The average molecular weight is 394 g/mol. The van der Waals surface area contributed by atoms with Gasteiger partial charge in [-0.05, 0) is 60.3 Å². The summed E-state index contributed by atoms with van der Waals surface area (Å²) in [5.41, 5.74) is 5.10. The fraction of sp³-hybridized carbons (Fsp3) is 0.538. The van der Waals surface area contributed by atoms with Gasteiger partial charge in [-0.3, -0.25) is 9.59 Å². The van der Waals surface area contributed by atoms with E-state index < -0.39 is 0 Å². The summed E-state index contributed by atoms with van der Waals surface area (Å²) < 4.78 is 0. The number of hydrogen-bond acceptors (Lipinski definition) is 2. The molecule has 1 heterocycles. The molecule has 0 spiro atoms. The van der Waals surface area contributed by atoms with Crippen LogP contribution in [0.15, 0.2) is 42.0 Å². The quantitative estimate of drug-likeness (QED) is 0.631. The van der Waals surface area contributed by atoms with Crippen molar-refractivity contribution in [2.45, 2.75) is 72.8 Å². The Labute approximate surface area is 175 Å².